The van der Waals surface area contributed by atoms with E-state index in [0.717, 1.165) is 17.7 Å². The summed E-state index contributed by atoms with van der Waals surface area (Å²) in [5.74, 6) is -0.545. The van der Waals surface area contributed by atoms with Crippen molar-refractivity contribution in [2.24, 2.45) is 0 Å². The van der Waals surface area contributed by atoms with Crippen molar-refractivity contribution in [3.63, 3.8) is 0 Å². The zero-order valence-corrected chi connectivity index (χ0v) is 18.3. The number of nitro groups is 1. The summed E-state index contributed by atoms with van der Waals surface area (Å²) in [7, 11) is 0. The van der Waals surface area contributed by atoms with Gasteiger partial charge < -0.3 is 15.6 Å². The van der Waals surface area contributed by atoms with Crippen molar-refractivity contribution in [3.8, 4) is 11.3 Å². The number of nitrogens with zero attached hydrogens (tertiary/aromatic N) is 2. The number of fused-ring (bicyclic) bond motifs is 1. The smallest absolute Gasteiger partial charge is 0.354 e. The van der Waals surface area contributed by atoms with E-state index in [0.29, 0.717) is 17.1 Å². The molecule has 36 heavy (non-hydrogen) atoms. The molecular weight excluding hydrogens is 475 g/mol. The molecule has 0 saturated carbocycles. The SMILES string of the molecule is O=C1Nc2ccc([N+](=O)[O-])cc2/C1=C(/Nc1cccc(-c2c[nH]cn2)c1)c1ccc(C(F)(F)F)cc1. The van der Waals surface area contributed by atoms with Crippen molar-refractivity contribution in [2.75, 3.05) is 10.6 Å². The van der Waals surface area contributed by atoms with Crippen LogP contribution in [0.1, 0.15) is 16.7 Å². The summed E-state index contributed by atoms with van der Waals surface area (Å²) in [6.07, 6.45) is -1.30. The van der Waals surface area contributed by atoms with Crippen LogP contribution < -0.4 is 10.6 Å². The number of nitrogens with one attached hydrogen (secondary N) is 3. The number of anilines is 2. The van der Waals surface area contributed by atoms with Gasteiger partial charge in [0, 0.05) is 40.8 Å². The molecule has 1 aliphatic heterocycles. The van der Waals surface area contributed by atoms with Gasteiger partial charge in [0.2, 0.25) is 0 Å². The Labute approximate surface area is 201 Å². The third-order valence-electron chi connectivity index (χ3n) is 5.64. The van der Waals surface area contributed by atoms with Crippen LogP contribution in [0.25, 0.3) is 22.5 Å². The summed E-state index contributed by atoms with van der Waals surface area (Å²) >= 11 is 0. The lowest BCUT2D eigenvalue weighted by Crippen LogP contribution is -2.11. The second-order valence-electron chi connectivity index (χ2n) is 7.93. The van der Waals surface area contributed by atoms with Crippen molar-refractivity contribution in [1.29, 1.82) is 0 Å². The van der Waals surface area contributed by atoms with Gasteiger partial charge in [-0.3, -0.25) is 14.9 Å². The van der Waals surface area contributed by atoms with Crippen molar-refractivity contribution in [2.45, 2.75) is 6.18 Å². The molecule has 8 nitrogen and oxygen atoms in total. The quantitative estimate of drug-likeness (QED) is 0.182. The normalized spacial score (nSPS) is 14.2. The lowest BCUT2D eigenvalue weighted by atomic mass is 9.98. The Morgan fingerprint density at radius 2 is 1.81 bits per heavy atom. The van der Waals surface area contributed by atoms with Gasteiger partial charge in [0.05, 0.1) is 33.8 Å². The minimum atomic E-state index is -4.53. The Bertz CT molecular complexity index is 1510. The summed E-state index contributed by atoms with van der Waals surface area (Å²) in [4.78, 5) is 30.9. The molecule has 2 heterocycles. The maximum atomic E-state index is 13.2. The standard InChI is InChI=1S/C25H16F3N5O3/c26-25(27,28)16-6-4-14(5-7-16)23(31-17-3-1-2-15(10-17)21-12-29-13-30-21)22-19-11-18(33(35)36)8-9-20(19)32-24(22)34/h1-13,31H,(H,29,30)(H,32,34)/b23-22-. The van der Waals surface area contributed by atoms with Crippen LogP contribution in [0.5, 0.6) is 0 Å². The Kier molecular flexibility index (Phi) is 5.51. The number of imidazole rings is 1. The lowest BCUT2D eigenvalue weighted by molar-refractivity contribution is -0.384. The zero-order chi connectivity index (χ0) is 25.4. The third-order valence-corrected chi connectivity index (χ3v) is 5.64. The lowest BCUT2D eigenvalue weighted by Gasteiger charge is -2.16. The van der Waals surface area contributed by atoms with E-state index in [1.807, 2.05) is 6.07 Å². The number of nitro benzene ring substituents is 1. The molecule has 0 saturated heterocycles. The van der Waals surface area contributed by atoms with Crippen LogP contribution in [0.4, 0.5) is 30.2 Å². The summed E-state index contributed by atoms with van der Waals surface area (Å²) in [5.41, 5.74) is 2.06. The number of hydrogen-bond acceptors (Lipinski definition) is 5. The fourth-order valence-electron chi connectivity index (χ4n) is 3.94. The van der Waals surface area contributed by atoms with Gasteiger partial charge in [-0.1, -0.05) is 24.3 Å². The molecule has 0 atom stereocenters. The average molecular weight is 491 g/mol. The molecule has 1 aromatic heterocycles. The van der Waals surface area contributed by atoms with Crippen LogP contribution in [0, 0.1) is 10.1 Å². The number of rotatable bonds is 5. The van der Waals surface area contributed by atoms with E-state index < -0.39 is 22.6 Å². The van der Waals surface area contributed by atoms with E-state index in [4.69, 9.17) is 0 Å². The molecule has 0 radical (unpaired) electrons. The highest BCUT2D eigenvalue weighted by atomic mass is 19.4. The monoisotopic (exact) mass is 491 g/mol. The summed E-state index contributed by atoms with van der Waals surface area (Å²) in [6.45, 7) is 0. The molecule has 5 rings (SSSR count). The molecule has 3 aromatic carbocycles. The second kappa shape index (κ2) is 8.69. The van der Waals surface area contributed by atoms with Crippen LogP contribution >= 0.6 is 0 Å². The highest BCUT2D eigenvalue weighted by Gasteiger charge is 2.32. The molecule has 1 aliphatic rings. The van der Waals surface area contributed by atoms with E-state index in [-0.39, 0.29) is 28.1 Å². The summed E-state index contributed by atoms with van der Waals surface area (Å²) in [5, 5.41) is 17.2. The number of H-pyrrole nitrogens is 1. The van der Waals surface area contributed by atoms with Crippen molar-refractivity contribution in [1.82, 2.24) is 9.97 Å². The van der Waals surface area contributed by atoms with Crippen LogP contribution in [-0.2, 0) is 11.0 Å². The molecule has 0 bridgehead atoms. The van der Waals surface area contributed by atoms with Crippen molar-refractivity contribution < 1.29 is 22.9 Å². The maximum Gasteiger partial charge on any atom is 0.416 e. The predicted octanol–water partition coefficient (Wildman–Crippen LogP) is 5.94. The zero-order valence-electron chi connectivity index (χ0n) is 18.3. The first-order chi connectivity index (χ1) is 17.2. The van der Waals surface area contributed by atoms with Crippen LogP contribution in [-0.4, -0.2) is 20.8 Å². The van der Waals surface area contributed by atoms with E-state index in [1.165, 1.54) is 36.7 Å². The number of carbonyl (C=O) groups is 1. The Morgan fingerprint density at radius 3 is 2.47 bits per heavy atom. The van der Waals surface area contributed by atoms with Gasteiger partial charge in [-0.2, -0.15) is 13.2 Å². The van der Waals surface area contributed by atoms with Crippen LogP contribution in [0.3, 0.4) is 0 Å². The van der Waals surface area contributed by atoms with E-state index in [2.05, 4.69) is 20.6 Å². The molecule has 11 heteroatoms. The topological polar surface area (TPSA) is 113 Å². The number of halogens is 3. The maximum absolute atomic E-state index is 13.2. The number of benzene rings is 3. The van der Waals surface area contributed by atoms with Crippen LogP contribution in [0.15, 0.2) is 79.3 Å². The van der Waals surface area contributed by atoms with E-state index in [9.17, 15) is 28.1 Å². The first kappa shape index (κ1) is 22.8. The van der Waals surface area contributed by atoms with Crippen molar-refractivity contribution >= 4 is 34.2 Å². The molecule has 1 amide bonds. The minimum absolute atomic E-state index is 0.0682. The first-order valence-electron chi connectivity index (χ1n) is 10.6. The fraction of sp³-hybridized carbons (Fsp3) is 0.0400. The summed E-state index contributed by atoms with van der Waals surface area (Å²) in [6, 6.07) is 15.3. The number of hydrogen-bond donors (Lipinski definition) is 3. The van der Waals surface area contributed by atoms with Gasteiger partial charge in [0.25, 0.3) is 11.6 Å². The fourth-order valence-corrected chi connectivity index (χ4v) is 3.94. The Morgan fingerprint density at radius 1 is 1.03 bits per heavy atom. The predicted molar refractivity (Wildman–Crippen MR) is 128 cm³/mol. The minimum Gasteiger partial charge on any atom is -0.354 e. The first-order valence-corrected chi connectivity index (χ1v) is 10.6. The van der Waals surface area contributed by atoms with Gasteiger partial charge in [-0.05, 0) is 35.9 Å². The molecule has 0 unspecified atom stereocenters. The molecule has 0 aliphatic carbocycles. The number of non-ortho nitro benzene ring substituents is 1. The molecule has 0 fully saturated rings. The average Bonchev–Trinajstić information content (AvgIpc) is 3.50. The molecule has 180 valence electrons. The van der Waals surface area contributed by atoms with Gasteiger partial charge >= 0.3 is 6.18 Å². The molecule has 4 aromatic rings. The van der Waals surface area contributed by atoms with E-state index >= 15 is 0 Å². The number of aromatic amines is 1. The second-order valence-corrected chi connectivity index (χ2v) is 7.93. The molecule has 0 spiro atoms. The Balaban J connectivity index is 1.67. The van der Waals surface area contributed by atoms with Gasteiger partial charge in [-0.25, -0.2) is 4.98 Å². The number of alkyl halides is 3. The third kappa shape index (κ3) is 4.29. The van der Waals surface area contributed by atoms with Gasteiger partial charge in [0.1, 0.15) is 0 Å². The Hall–Kier alpha value is -4.93. The van der Waals surface area contributed by atoms with Gasteiger partial charge in [-0.15, -0.1) is 0 Å². The van der Waals surface area contributed by atoms with E-state index in [1.54, 1.807) is 24.4 Å². The summed E-state index contributed by atoms with van der Waals surface area (Å²) < 4.78 is 39.5. The molecular formula is C25H16F3N5O3. The highest BCUT2D eigenvalue weighted by molar-refractivity contribution is 6.37. The number of carbonyl (C=O) groups excluding carboxylic acids is 1. The van der Waals surface area contributed by atoms with Crippen molar-refractivity contribution in [3.05, 3.63) is 106 Å². The molecule has 3 N–H and O–H groups in total. The van der Waals surface area contributed by atoms with Gasteiger partial charge in [0.15, 0.2) is 0 Å². The van der Waals surface area contributed by atoms with Crippen LogP contribution in [0.2, 0.25) is 0 Å². The highest BCUT2D eigenvalue weighted by Crippen LogP contribution is 2.40. The largest absolute Gasteiger partial charge is 0.416 e. The number of aromatic nitrogens is 2. The number of amides is 1.